The Balaban J connectivity index is 1.65. The molecule has 4 rings (SSSR count). The fourth-order valence-electron chi connectivity index (χ4n) is 5.05. The first kappa shape index (κ1) is 36.0. The van der Waals surface area contributed by atoms with Crippen molar-refractivity contribution in [3.05, 3.63) is 66.0 Å². The second-order valence-electron chi connectivity index (χ2n) is 10.8. The Morgan fingerprint density at radius 2 is 1.74 bits per heavy atom. The number of anilines is 1. The van der Waals surface area contributed by atoms with Crippen LogP contribution in [0.3, 0.4) is 0 Å². The molecule has 15 nitrogen and oxygen atoms in total. The third-order valence-corrected chi connectivity index (χ3v) is 7.99. The van der Waals surface area contributed by atoms with Crippen molar-refractivity contribution in [2.24, 2.45) is 0 Å². The minimum atomic E-state index is -4.99. The topological polar surface area (TPSA) is 229 Å². The van der Waals surface area contributed by atoms with Crippen molar-refractivity contribution in [3.8, 4) is 11.5 Å². The number of nitrogens with two attached hydrogens (primary N) is 1. The van der Waals surface area contributed by atoms with Gasteiger partial charge >= 0.3 is 15.6 Å². The summed E-state index contributed by atoms with van der Waals surface area (Å²) < 4.78 is 40.5. The third-order valence-electron chi connectivity index (χ3n) is 7.11. The van der Waals surface area contributed by atoms with E-state index in [0.717, 1.165) is 42.7 Å². The number of fused-ring (bicyclic) bond motifs is 3. The van der Waals surface area contributed by atoms with E-state index >= 15 is 0 Å². The Kier molecular flexibility index (Phi) is 12.2. The number of nitrogens with one attached hydrogen (secondary N) is 1. The van der Waals surface area contributed by atoms with Crippen molar-refractivity contribution >= 4 is 49.3 Å². The van der Waals surface area contributed by atoms with Gasteiger partial charge in [0.05, 0.1) is 17.6 Å². The van der Waals surface area contributed by atoms with Crippen molar-refractivity contribution < 1.29 is 47.3 Å². The Labute approximate surface area is 271 Å². The lowest BCUT2D eigenvalue weighted by molar-refractivity contribution is -0.116. The quantitative estimate of drug-likeness (QED) is 0.0490. The molecule has 0 aliphatic heterocycles. The van der Waals surface area contributed by atoms with E-state index in [9.17, 15) is 33.5 Å². The number of unbranched alkanes of at least 4 members (excludes halogenated alkanes) is 1. The summed E-state index contributed by atoms with van der Waals surface area (Å²) in [7, 11) is -9.92. The molecule has 4 aromatic rings. The van der Waals surface area contributed by atoms with E-state index in [1.807, 2.05) is 29.7 Å². The predicted molar refractivity (Wildman–Crippen MR) is 176 cm³/mol. The van der Waals surface area contributed by atoms with Gasteiger partial charge in [-0.05, 0) is 61.6 Å². The van der Waals surface area contributed by atoms with Crippen molar-refractivity contribution in [2.45, 2.75) is 52.0 Å². The van der Waals surface area contributed by atoms with Crippen LogP contribution in [0, 0.1) is 0 Å². The predicted octanol–water partition coefficient (Wildman–Crippen LogP) is 4.14. The first-order valence-electron chi connectivity index (χ1n) is 15.0. The van der Waals surface area contributed by atoms with Crippen LogP contribution in [0.4, 0.5) is 5.82 Å². The number of benzene rings is 2. The summed E-state index contributed by atoms with van der Waals surface area (Å²) in [5.41, 5.74) is 9.33. The van der Waals surface area contributed by atoms with E-state index in [4.69, 9.17) is 24.5 Å². The zero-order valence-electron chi connectivity index (χ0n) is 25.9. The SMILES string of the molecule is C=CC(=O)NCCCOCCCc1ccc2c(c1)nc(N)c1nc(CCCC)n(Cc3cc(OP(=O)(O)O)ccc3OP(=O)(O)O)c12. The molecule has 254 valence electrons. The molecule has 47 heavy (non-hydrogen) atoms. The van der Waals surface area contributed by atoms with Gasteiger partial charge in [-0.2, -0.15) is 0 Å². The molecule has 0 fully saturated rings. The van der Waals surface area contributed by atoms with E-state index in [1.165, 1.54) is 18.2 Å². The van der Waals surface area contributed by atoms with Crippen LogP contribution in [-0.4, -0.2) is 59.8 Å². The highest BCUT2D eigenvalue weighted by molar-refractivity contribution is 7.47. The average Bonchev–Trinajstić information content (AvgIpc) is 3.35. The number of nitrogen functional groups attached to an aromatic ring is 1. The monoisotopic (exact) mass is 691 g/mol. The summed E-state index contributed by atoms with van der Waals surface area (Å²) in [6, 6.07) is 9.41. The first-order chi connectivity index (χ1) is 22.3. The van der Waals surface area contributed by atoms with Crippen LogP contribution < -0.4 is 20.1 Å². The molecule has 17 heteroatoms. The van der Waals surface area contributed by atoms with Crippen LogP contribution in [0.2, 0.25) is 0 Å². The minimum Gasteiger partial charge on any atom is -0.404 e. The highest BCUT2D eigenvalue weighted by atomic mass is 31.2. The van der Waals surface area contributed by atoms with Crippen molar-refractivity contribution in [2.75, 3.05) is 25.5 Å². The molecule has 2 heterocycles. The molecule has 0 radical (unpaired) electrons. The molecule has 0 aliphatic carbocycles. The van der Waals surface area contributed by atoms with Crippen LogP contribution in [0.15, 0.2) is 49.1 Å². The Hall–Kier alpha value is -3.81. The molecule has 0 saturated heterocycles. The van der Waals surface area contributed by atoms with Crippen LogP contribution in [0.1, 0.15) is 49.6 Å². The van der Waals surface area contributed by atoms with Crippen molar-refractivity contribution in [3.63, 3.8) is 0 Å². The number of hydrogen-bond donors (Lipinski definition) is 6. The summed E-state index contributed by atoms with van der Waals surface area (Å²) in [6.45, 7) is 6.97. The number of aryl methyl sites for hydroxylation is 2. The van der Waals surface area contributed by atoms with Gasteiger partial charge in [0.15, 0.2) is 5.82 Å². The standard InChI is InChI=1S/C30H39N5O10P2/c1-3-5-9-26-34-28-29(35(26)19-21-18-22(44-46(37,38)39)11-13-25(21)45-47(40,41)42)23-12-10-20(17-24(23)33-30(28)31)8-6-15-43-16-7-14-32-27(36)4-2/h4,10-13,17-18H,2-3,5-9,14-16,19H2,1H3,(H2,31,33)(H,32,36)(H2,37,38,39)(H2,40,41,42). The highest BCUT2D eigenvalue weighted by Gasteiger charge is 2.24. The maximum absolute atomic E-state index is 11.8. The molecular formula is C30H39N5O10P2. The maximum atomic E-state index is 11.8. The number of phosphoric ester groups is 2. The van der Waals surface area contributed by atoms with Gasteiger partial charge < -0.3 is 29.4 Å². The van der Waals surface area contributed by atoms with Gasteiger partial charge in [0, 0.05) is 37.1 Å². The number of rotatable bonds is 18. The second-order valence-corrected chi connectivity index (χ2v) is 13.1. The number of ether oxygens (including phenoxy) is 1. The zero-order chi connectivity index (χ0) is 34.2. The second kappa shape index (κ2) is 15.9. The summed E-state index contributed by atoms with van der Waals surface area (Å²) >= 11 is 0. The van der Waals surface area contributed by atoms with Crippen molar-refractivity contribution in [1.82, 2.24) is 19.9 Å². The van der Waals surface area contributed by atoms with Gasteiger partial charge in [0.1, 0.15) is 22.8 Å². The first-order valence-corrected chi connectivity index (χ1v) is 18.0. The normalized spacial score (nSPS) is 12.0. The number of phosphoric acid groups is 2. The molecule has 0 bridgehead atoms. The van der Waals surface area contributed by atoms with Crippen molar-refractivity contribution in [1.29, 1.82) is 0 Å². The number of carbonyl (C=O) groups is 1. The van der Waals surface area contributed by atoms with Gasteiger partial charge in [0.25, 0.3) is 0 Å². The Morgan fingerprint density at radius 1 is 1.00 bits per heavy atom. The molecule has 2 aromatic heterocycles. The molecule has 0 atom stereocenters. The number of aromatic nitrogens is 3. The summed E-state index contributed by atoms with van der Waals surface area (Å²) in [6.07, 6.45) is 5.61. The number of carbonyl (C=O) groups excluding carboxylic acids is 1. The molecule has 7 N–H and O–H groups in total. The molecule has 0 saturated carbocycles. The Morgan fingerprint density at radius 3 is 2.45 bits per heavy atom. The van der Waals surface area contributed by atoms with E-state index in [-0.39, 0.29) is 35.3 Å². The van der Waals surface area contributed by atoms with Gasteiger partial charge in [-0.25, -0.2) is 19.1 Å². The maximum Gasteiger partial charge on any atom is 0.524 e. The molecule has 0 spiro atoms. The fourth-order valence-corrected chi connectivity index (χ4v) is 5.88. The van der Waals surface area contributed by atoms with Crippen LogP contribution in [0.5, 0.6) is 11.5 Å². The van der Waals surface area contributed by atoms with E-state index in [0.29, 0.717) is 55.0 Å². The van der Waals surface area contributed by atoms with Gasteiger partial charge in [-0.15, -0.1) is 0 Å². The smallest absolute Gasteiger partial charge is 0.404 e. The number of amides is 1. The van der Waals surface area contributed by atoms with E-state index in [2.05, 4.69) is 16.9 Å². The molecule has 1 amide bonds. The van der Waals surface area contributed by atoms with Crippen LogP contribution in [0.25, 0.3) is 21.9 Å². The van der Waals surface area contributed by atoms with E-state index in [1.54, 1.807) is 0 Å². The fraction of sp³-hybridized carbons (Fsp3) is 0.367. The van der Waals surface area contributed by atoms with Gasteiger partial charge in [-0.1, -0.05) is 32.1 Å². The van der Waals surface area contributed by atoms with Gasteiger partial charge in [0.2, 0.25) is 5.91 Å². The van der Waals surface area contributed by atoms with Crippen LogP contribution >= 0.6 is 15.6 Å². The number of nitrogens with zero attached hydrogens (tertiary/aromatic N) is 3. The zero-order valence-corrected chi connectivity index (χ0v) is 27.7. The van der Waals surface area contributed by atoms with Crippen LogP contribution in [-0.2, 0) is 38.0 Å². The number of hydrogen-bond acceptors (Lipinski definition) is 9. The number of pyridine rings is 1. The van der Waals surface area contributed by atoms with Gasteiger partial charge in [-0.3, -0.25) is 24.4 Å². The third kappa shape index (κ3) is 10.3. The summed E-state index contributed by atoms with van der Waals surface area (Å²) in [5, 5.41) is 3.44. The minimum absolute atomic E-state index is 0.0435. The largest absolute Gasteiger partial charge is 0.524 e. The lowest BCUT2D eigenvalue weighted by Gasteiger charge is -2.17. The Bertz CT molecular complexity index is 1840. The molecule has 0 unspecified atom stereocenters. The summed E-state index contributed by atoms with van der Waals surface area (Å²) in [4.78, 5) is 58.4. The summed E-state index contributed by atoms with van der Waals surface area (Å²) in [5.74, 6) is 0.214. The van der Waals surface area contributed by atoms with E-state index < -0.39 is 15.6 Å². The number of imidazole rings is 1. The molecule has 0 aliphatic rings. The molecule has 2 aromatic carbocycles. The lowest BCUT2D eigenvalue weighted by Crippen LogP contribution is -2.22. The lowest BCUT2D eigenvalue weighted by atomic mass is 10.1. The molecular weight excluding hydrogens is 652 g/mol. The highest BCUT2D eigenvalue weighted by Crippen LogP contribution is 2.43. The average molecular weight is 692 g/mol.